The third-order valence-electron chi connectivity index (χ3n) is 5.45. The first-order valence-electron chi connectivity index (χ1n) is 8.37. The normalized spacial score (nSPS) is 31.9. The molecule has 2 aliphatic carbocycles. The van der Waals surface area contributed by atoms with Gasteiger partial charge < -0.3 is 10.1 Å². The molecule has 2 fully saturated rings. The van der Waals surface area contributed by atoms with Gasteiger partial charge in [0.1, 0.15) is 0 Å². The van der Waals surface area contributed by atoms with Gasteiger partial charge in [0.15, 0.2) is 0 Å². The van der Waals surface area contributed by atoms with E-state index in [-0.39, 0.29) is 5.60 Å². The lowest BCUT2D eigenvalue weighted by Gasteiger charge is -2.27. The minimum Gasteiger partial charge on any atom is -0.379 e. The maximum atomic E-state index is 5.58. The van der Waals surface area contributed by atoms with E-state index in [1.165, 1.54) is 51.5 Å². The van der Waals surface area contributed by atoms with Gasteiger partial charge in [-0.2, -0.15) is 0 Å². The molecule has 0 radical (unpaired) electrons. The zero-order chi connectivity index (χ0) is 13.9. The van der Waals surface area contributed by atoms with Gasteiger partial charge in [0.2, 0.25) is 0 Å². The SMILES string of the molecule is CCCNC(CCC(C)(C)OC)C1C2CCCCC21. The molecule has 1 N–H and O–H groups in total. The van der Waals surface area contributed by atoms with Gasteiger partial charge in [0, 0.05) is 13.2 Å². The van der Waals surface area contributed by atoms with E-state index in [2.05, 4.69) is 26.1 Å². The summed E-state index contributed by atoms with van der Waals surface area (Å²) < 4.78 is 5.58. The van der Waals surface area contributed by atoms with E-state index in [1.807, 2.05) is 7.11 Å². The van der Waals surface area contributed by atoms with Crippen molar-refractivity contribution in [2.24, 2.45) is 17.8 Å². The van der Waals surface area contributed by atoms with Crippen molar-refractivity contribution >= 4 is 0 Å². The largest absolute Gasteiger partial charge is 0.379 e. The molecular weight excluding hydrogens is 234 g/mol. The van der Waals surface area contributed by atoms with Crippen LogP contribution in [0.1, 0.15) is 65.7 Å². The van der Waals surface area contributed by atoms with Crippen molar-refractivity contribution in [3.8, 4) is 0 Å². The molecule has 2 rings (SSSR count). The summed E-state index contributed by atoms with van der Waals surface area (Å²) in [7, 11) is 1.84. The fourth-order valence-electron chi connectivity index (χ4n) is 4.01. The monoisotopic (exact) mass is 267 g/mol. The molecule has 0 spiro atoms. The van der Waals surface area contributed by atoms with Crippen molar-refractivity contribution in [2.45, 2.75) is 77.4 Å². The minimum atomic E-state index is 0.0339. The summed E-state index contributed by atoms with van der Waals surface area (Å²) in [5, 5.41) is 3.83. The van der Waals surface area contributed by atoms with E-state index in [1.54, 1.807) is 0 Å². The van der Waals surface area contributed by atoms with Crippen LogP contribution in [0.25, 0.3) is 0 Å². The number of fused-ring (bicyclic) bond motifs is 1. The summed E-state index contributed by atoms with van der Waals surface area (Å²) in [5.41, 5.74) is 0.0339. The highest BCUT2D eigenvalue weighted by molar-refractivity contribution is 5.04. The maximum Gasteiger partial charge on any atom is 0.0623 e. The molecule has 0 aromatic heterocycles. The van der Waals surface area contributed by atoms with Crippen LogP contribution in [-0.2, 0) is 4.74 Å². The van der Waals surface area contributed by atoms with Crippen molar-refractivity contribution < 1.29 is 4.74 Å². The van der Waals surface area contributed by atoms with Crippen LogP contribution in [0.4, 0.5) is 0 Å². The Morgan fingerprint density at radius 3 is 2.37 bits per heavy atom. The summed E-state index contributed by atoms with van der Waals surface area (Å²) in [6.45, 7) is 7.87. The first kappa shape index (κ1) is 15.3. The van der Waals surface area contributed by atoms with Crippen LogP contribution >= 0.6 is 0 Å². The Balaban J connectivity index is 1.85. The van der Waals surface area contributed by atoms with Gasteiger partial charge in [-0.25, -0.2) is 0 Å². The van der Waals surface area contributed by atoms with E-state index in [9.17, 15) is 0 Å². The summed E-state index contributed by atoms with van der Waals surface area (Å²) in [6, 6.07) is 0.738. The highest BCUT2D eigenvalue weighted by Gasteiger charge is 2.53. The quantitative estimate of drug-likeness (QED) is 0.718. The smallest absolute Gasteiger partial charge is 0.0623 e. The fourth-order valence-corrected chi connectivity index (χ4v) is 4.01. The van der Waals surface area contributed by atoms with Crippen LogP contribution in [0.5, 0.6) is 0 Å². The average Bonchev–Trinajstić information content (AvgIpc) is 3.13. The van der Waals surface area contributed by atoms with Gasteiger partial charge in [-0.05, 0) is 70.3 Å². The standard InChI is InChI=1S/C17H33NO/c1-5-12-18-15(10-11-17(2,3)19-4)16-13-8-6-7-9-14(13)16/h13-16,18H,5-12H2,1-4H3. The van der Waals surface area contributed by atoms with Crippen LogP contribution in [0.15, 0.2) is 0 Å². The van der Waals surface area contributed by atoms with Crippen molar-refractivity contribution in [3.63, 3.8) is 0 Å². The second-order valence-electron chi connectivity index (χ2n) is 7.25. The second kappa shape index (κ2) is 6.58. The summed E-state index contributed by atoms with van der Waals surface area (Å²) in [5.74, 6) is 3.07. The van der Waals surface area contributed by atoms with Crippen molar-refractivity contribution in [1.29, 1.82) is 0 Å². The highest BCUT2D eigenvalue weighted by Crippen LogP contribution is 2.57. The van der Waals surface area contributed by atoms with Crippen LogP contribution in [0, 0.1) is 17.8 Å². The van der Waals surface area contributed by atoms with Gasteiger partial charge >= 0.3 is 0 Å². The van der Waals surface area contributed by atoms with Gasteiger partial charge in [-0.1, -0.05) is 19.8 Å². The Morgan fingerprint density at radius 1 is 1.21 bits per heavy atom. The Labute approximate surface area is 119 Å². The Hall–Kier alpha value is -0.0800. The molecule has 0 saturated heterocycles. The van der Waals surface area contributed by atoms with E-state index < -0.39 is 0 Å². The molecule has 2 nitrogen and oxygen atoms in total. The lowest BCUT2D eigenvalue weighted by molar-refractivity contribution is 0.0110. The number of hydrogen-bond acceptors (Lipinski definition) is 2. The predicted octanol–water partition coefficient (Wildman–Crippen LogP) is 4.00. The number of ether oxygens (including phenoxy) is 1. The van der Waals surface area contributed by atoms with E-state index >= 15 is 0 Å². The van der Waals surface area contributed by atoms with Crippen molar-refractivity contribution in [1.82, 2.24) is 5.32 Å². The number of rotatable bonds is 8. The van der Waals surface area contributed by atoms with Gasteiger partial charge in [-0.15, -0.1) is 0 Å². The van der Waals surface area contributed by atoms with Crippen LogP contribution in [0.3, 0.4) is 0 Å². The molecule has 0 heterocycles. The molecule has 2 heteroatoms. The minimum absolute atomic E-state index is 0.0339. The summed E-state index contributed by atoms with van der Waals surface area (Å²) >= 11 is 0. The molecule has 0 aromatic carbocycles. The third-order valence-corrected chi connectivity index (χ3v) is 5.45. The molecule has 3 atom stereocenters. The van der Waals surface area contributed by atoms with Gasteiger partial charge in [0.05, 0.1) is 5.60 Å². The molecular formula is C17H33NO. The Bertz CT molecular complexity index is 264. The lowest BCUT2D eigenvalue weighted by atomic mass is 9.95. The van der Waals surface area contributed by atoms with Crippen molar-refractivity contribution in [3.05, 3.63) is 0 Å². The predicted molar refractivity (Wildman–Crippen MR) is 81.3 cm³/mol. The fraction of sp³-hybridized carbons (Fsp3) is 1.00. The van der Waals surface area contributed by atoms with Crippen molar-refractivity contribution in [2.75, 3.05) is 13.7 Å². The van der Waals surface area contributed by atoms with E-state index in [0.29, 0.717) is 0 Å². The van der Waals surface area contributed by atoms with Crippen LogP contribution in [-0.4, -0.2) is 25.3 Å². The van der Waals surface area contributed by atoms with E-state index in [4.69, 9.17) is 4.74 Å². The average molecular weight is 267 g/mol. The lowest BCUT2D eigenvalue weighted by Crippen LogP contribution is -2.35. The molecule has 2 saturated carbocycles. The number of nitrogens with one attached hydrogen (secondary N) is 1. The van der Waals surface area contributed by atoms with E-state index in [0.717, 1.165) is 23.8 Å². The Morgan fingerprint density at radius 2 is 1.84 bits per heavy atom. The van der Waals surface area contributed by atoms with Gasteiger partial charge in [-0.3, -0.25) is 0 Å². The molecule has 0 amide bonds. The van der Waals surface area contributed by atoms with Crippen LogP contribution < -0.4 is 5.32 Å². The Kier molecular flexibility index (Phi) is 5.30. The molecule has 0 aliphatic heterocycles. The van der Waals surface area contributed by atoms with Crippen LogP contribution in [0.2, 0.25) is 0 Å². The zero-order valence-corrected chi connectivity index (χ0v) is 13.4. The second-order valence-corrected chi connectivity index (χ2v) is 7.25. The molecule has 0 bridgehead atoms. The first-order chi connectivity index (χ1) is 9.09. The first-order valence-corrected chi connectivity index (χ1v) is 8.37. The number of methoxy groups -OCH3 is 1. The zero-order valence-electron chi connectivity index (χ0n) is 13.4. The molecule has 2 aliphatic rings. The molecule has 112 valence electrons. The summed E-state index contributed by atoms with van der Waals surface area (Å²) in [6.07, 6.45) is 9.62. The van der Waals surface area contributed by atoms with Gasteiger partial charge in [0.25, 0.3) is 0 Å². The molecule has 19 heavy (non-hydrogen) atoms. The third kappa shape index (κ3) is 3.95. The number of hydrogen-bond donors (Lipinski definition) is 1. The highest BCUT2D eigenvalue weighted by atomic mass is 16.5. The summed E-state index contributed by atoms with van der Waals surface area (Å²) in [4.78, 5) is 0. The molecule has 0 aromatic rings. The molecule has 3 unspecified atom stereocenters. The maximum absolute atomic E-state index is 5.58. The topological polar surface area (TPSA) is 21.3 Å².